The van der Waals surface area contributed by atoms with Crippen LogP contribution in [0.1, 0.15) is 27.6 Å². The summed E-state index contributed by atoms with van der Waals surface area (Å²) in [5, 5.41) is 13.0. The molecule has 4 nitrogen and oxygen atoms in total. The number of aliphatic hydroxyl groups is 1. The van der Waals surface area contributed by atoms with Crippen molar-refractivity contribution >= 4 is 50.4 Å². The highest BCUT2D eigenvalue weighted by molar-refractivity contribution is 9.10. The Morgan fingerprint density at radius 2 is 1.79 bits per heavy atom. The topological polar surface area (TPSA) is 57.6 Å². The van der Waals surface area contributed by atoms with E-state index in [1.54, 1.807) is 24.3 Å². The number of amides is 1. The Morgan fingerprint density at radius 1 is 1.07 bits per heavy atom. The average molecular weight is 468 g/mol. The second-order valence-corrected chi connectivity index (χ2v) is 8.85. The molecule has 0 spiro atoms. The number of benzene rings is 2. The summed E-state index contributed by atoms with van der Waals surface area (Å²) in [7, 11) is 0. The average Bonchev–Trinajstić information content (AvgIpc) is 3.23. The summed E-state index contributed by atoms with van der Waals surface area (Å²) in [6, 6.07) is 15.8. The van der Waals surface area contributed by atoms with E-state index < -0.39 is 17.7 Å². The number of ketones is 1. The van der Waals surface area contributed by atoms with E-state index in [2.05, 4.69) is 15.9 Å². The number of rotatable bonds is 3. The van der Waals surface area contributed by atoms with Gasteiger partial charge < -0.3 is 5.11 Å². The molecule has 1 aromatic heterocycles. The largest absolute Gasteiger partial charge is 0.507 e. The first kappa shape index (κ1) is 19.6. The standard InChI is InChI=1S/C23H18BrNO3S/c1-13-4-3-5-17(12-13)25-19(22-14(2)10-11-29-22)18(21(27)23(25)28)20(26)15-6-8-16(24)9-7-15/h3-12,19,26H,1-2H3/b20-18-. The van der Waals surface area contributed by atoms with Crippen LogP contribution in [-0.4, -0.2) is 16.8 Å². The van der Waals surface area contributed by atoms with Gasteiger partial charge in [0.2, 0.25) is 0 Å². The zero-order chi connectivity index (χ0) is 20.7. The number of thiophene rings is 1. The SMILES string of the molecule is Cc1cccc(N2C(=O)C(=O)/C(=C(\O)c3ccc(Br)cc3)C2c2sccc2C)c1. The van der Waals surface area contributed by atoms with Crippen molar-refractivity contribution in [3.05, 3.63) is 91.6 Å². The summed E-state index contributed by atoms with van der Waals surface area (Å²) in [6.07, 6.45) is 0. The van der Waals surface area contributed by atoms with E-state index in [0.29, 0.717) is 11.3 Å². The zero-order valence-electron chi connectivity index (χ0n) is 15.8. The molecule has 2 aromatic carbocycles. The monoisotopic (exact) mass is 467 g/mol. The Bertz CT molecular complexity index is 1150. The minimum absolute atomic E-state index is 0.115. The number of aryl methyl sites for hydroxylation is 2. The van der Waals surface area contributed by atoms with Crippen molar-refractivity contribution in [1.82, 2.24) is 0 Å². The van der Waals surface area contributed by atoms with E-state index in [-0.39, 0.29) is 11.3 Å². The first-order chi connectivity index (χ1) is 13.9. The predicted octanol–water partition coefficient (Wildman–Crippen LogP) is 5.75. The maximum atomic E-state index is 13.1. The Kier molecular flexibility index (Phi) is 5.15. The van der Waals surface area contributed by atoms with Crippen molar-refractivity contribution < 1.29 is 14.7 Å². The van der Waals surface area contributed by atoms with Crippen molar-refractivity contribution in [3.8, 4) is 0 Å². The van der Waals surface area contributed by atoms with Crippen molar-refractivity contribution in [1.29, 1.82) is 0 Å². The normalized spacial score (nSPS) is 18.4. The lowest BCUT2D eigenvalue weighted by molar-refractivity contribution is -0.132. The van der Waals surface area contributed by atoms with E-state index in [1.165, 1.54) is 16.2 Å². The fourth-order valence-corrected chi connectivity index (χ4v) is 4.84. The maximum absolute atomic E-state index is 13.1. The van der Waals surface area contributed by atoms with E-state index in [4.69, 9.17) is 0 Å². The van der Waals surface area contributed by atoms with Gasteiger partial charge in [-0.2, -0.15) is 0 Å². The van der Waals surface area contributed by atoms with Gasteiger partial charge in [-0.15, -0.1) is 11.3 Å². The fourth-order valence-electron chi connectivity index (χ4n) is 3.55. The molecular weight excluding hydrogens is 450 g/mol. The molecule has 6 heteroatoms. The number of halogens is 1. The molecule has 1 aliphatic rings. The predicted molar refractivity (Wildman–Crippen MR) is 119 cm³/mol. The van der Waals surface area contributed by atoms with E-state index in [9.17, 15) is 14.7 Å². The molecule has 1 aliphatic heterocycles. The summed E-state index contributed by atoms with van der Waals surface area (Å²) in [6.45, 7) is 3.88. The molecule has 146 valence electrons. The molecular formula is C23H18BrNO3S. The number of Topliss-reactive ketones (excluding diaryl/α,β-unsaturated/α-hetero) is 1. The van der Waals surface area contributed by atoms with E-state index in [0.717, 1.165) is 20.5 Å². The highest BCUT2D eigenvalue weighted by Gasteiger charge is 2.47. The molecule has 1 amide bonds. The van der Waals surface area contributed by atoms with Crippen LogP contribution >= 0.6 is 27.3 Å². The molecule has 0 saturated carbocycles. The van der Waals surface area contributed by atoms with Crippen LogP contribution in [0.15, 0.2) is 70.0 Å². The van der Waals surface area contributed by atoms with Crippen LogP contribution in [-0.2, 0) is 9.59 Å². The second kappa shape index (κ2) is 7.61. The third-order valence-corrected chi connectivity index (χ3v) is 6.59. The van der Waals surface area contributed by atoms with Crippen LogP contribution in [0.5, 0.6) is 0 Å². The Labute approximate surface area is 181 Å². The molecule has 0 bridgehead atoms. The summed E-state index contributed by atoms with van der Waals surface area (Å²) in [5.74, 6) is -1.47. The van der Waals surface area contributed by atoms with Crippen LogP contribution in [0.3, 0.4) is 0 Å². The third kappa shape index (κ3) is 3.43. The van der Waals surface area contributed by atoms with Gasteiger partial charge in [0.25, 0.3) is 11.7 Å². The van der Waals surface area contributed by atoms with Crippen LogP contribution < -0.4 is 4.90 Å². The van der Waals surface area contributed by atoms with Gasteiger partial charge >= 0.3 is 0 Å². The van der Waals surface area contributed by atoms with Crippen LogP contribution in [0, 0.1) is 13.8 Å². The molecule has 1 atom stereocenters. The van der Waals surface area contributed by atoms with Gasteiger partial charge in [0.05, 0.1) is 5.57 Å². The van der Waals surface area contributed by atoms with Crippen molar-refractivity contribution in [2.75, 3.05) is 4.90 Å². The molecule has 1 fully saturated rings. The number of anilines is 1. The fraction of sp³-hybridized carbons (Fsp3) is 0.130. The first-order valence-electron chi connectivity index (χ1n) is 9.06. The van der Waals surface area contributed by atoms with Gasteiger partial charge in [-0.3, -0.25) is 14.5 Å². The molecule has 29 heavy (non-hydrogen) atoms. The first-order valence-corrected chi connectivity index (χ1v) is 10.7. The van der Waals surface area contributed by atoms with E-state index >= 15 is 0 Å². The number of carbonyl (C=O) groups excluding carboxylic acids is 2. The van der Waals surface area contributed by atoms with Gasteiger partial charge in [-0.1, -0.05) is 40.2 Å². The van der Waals surface area contributed by atoms with Gasteiger partial charge in [0, 0.05) is 20.6 Å². The van der Waals surface area contributed by atoms with Crippen LogP contribution in [0.25, 0.3) is 5.76 Å². The minimum atomic E-state index is -0.676. The van der Waals surface area contributed by atoms with Crippen molar-refractivity contribution in [2.45, 2.75) is 19.9 Å². The smallest absolute Gasteiger partial charge is 0.300 e. The van der Waals surface area contributed by atoms with Crippen molar-refractivity contribution in [2.24, 2.45) is 0 Å². The van der Waals surface area contributed by atoms with Crippen LogP contribution in [0.2, 0.25) is 0 Å². The zero-order valence-corrected chi connectivity index (χ0v) is 18.3. The van der Waals surface area contributed by atoms with Crippen LogP contribution in [0.4, 0.5) is 5.69 Å². The molecule has 1 saturated heterocycles. The lowest BCUT2D eigenvalue weighted by Gasteiger charge is -2.25. The number of nitrogens with zero attached hydrogens (tertiary/aromatic N) is 1. The highest BCUT2D eigenvalue weighted by atomic mass is 79.9. The Balaban J connectivity index is 1.96. The Morgan fingerprint density at radius 3 is 2.41 bits per heavy atom. The number of hydrogen-bond acceptors (Lipinski definition) is 4. The van der Waals surface area contributed by atoms with Gasteiger partial charge in [0.15, 0.2) is 0 Å². The van der Waals surface area contributed by atoms with Gasteiger partial charge in [-0.25, -0.2) is 0 Å². The molecule has 2 heterocycles. The number of aliphatic hydroxyl groups excluding tert-OH is 1. The minimum Gasteiger partial charge on any atom is -0.507 e. The lowest BCUT2D eigenvalue weighted by atomic mass is 9.98. The lowest BCUT2D eigenvalue weighted by Crippen LogP contribution is -2.29. The van der Waals surface area contributed by atoms with Crippen molar-refractivity contribution in [3.63, 3.8) is 0 Å². The molecule has 0 aliphatic carbocycles. The summed E-state index contributed by atoms with van der Waals surface area (Å²) in [4.78, 5) is 28.5. The molecule has 1 N–H and O–H groups in total. The number of carbonyl (C=O) groups is 2. The summed E-state index contributed by atoms with van der Waals surface area (Å²) in [5.41, 5.74) is 3.21. The van der Waals surface area contributed by atoms with Gasteiger partial charge in [0.1, 0.15) is 11.8 Å². The van der Waals surface area contributed by atoms with E-state index in [1.807, 2.05) is 49.6 Å². The molecule has 3 aromatic rings. The second-order valence-electron chi connectivity index (χ2n) is 6.98. The maximum Gasteiger partial charge on any atom is 0.300 e. The Hall–Kier alpha value is -2.70. The van der Waals surface area contributed by atoms with Gasteiger partial charge in [-0.05, 0) is 60.7 Å². The quantitative estimate of drug-likeness (QED) is 0.302. The molecule has 0 radical (unpaired) electrons. The highest BCUT2D eigenvalue weighted by Crippen LogP contribution is 2.44. The third-order valence-electron chi connectivity index (χ3n) is 4.99. The summed E-state index contributed by atoms with van der Waals surface area (Å²) >= 11 is 4.85. The molecule has 4 rings (SSSR count). The molecule has 1 unspecified atom stereocenters. The summed E-state index contributed by atoms with van der Waals surface area (Å²) < 4.78 is 0.861. The number of hydrogen-bond donors (Lipinski definition) is 1.